The van der Waals surface area contributed by atoms with E-state index in [1.165, 1.54) is 18.2 Å². The topological polar surface area (TPSA) is 75.3 Å². The van der Waals surface area contributed by atoms with Crippen molar-refractivity contribution in [3.63, 3.8) is 0 Å². The van der Waals surface area contributed by atoms with Gasteiger partial charge in [-0.2, -0.15) is 0 Å². The van der Waals surface area contributed by atoms with E-state index in [1.807, 2.05) is 17.0 Å². The second-order valence-electron chi connectivity index (χ2n) is 5.70. The fourth-order valence-corrected chi connectivity index (χ4v) is 3.48. The standard InChI is InChI=1S/C19H17FN2O3S/c1-2-13-8-5-9-17(18(13)20)19(23)21-22-26(24,25)16-11-10-14-6-3-4-7-15(14)12-16/h3-12,22H,2H2,1H3,(H,21,23). The van der Waals surface area contributed by atoms with Crippen LogP contribution in [0.3, 0.4) is 0 Å². The van der Waals surface area contributed by atoms with Crippen molar-refractivity contribution in [2.75, 3.05) is 0 Å². The van der Waals surface area contributed by atoms with E-state index < -0.39 is 21.7 Å². The van der Waals surface area contributed by atoms with E-state index in [2.05, 4.69) is 5.43 Å². The first-order valence-corrected chi connectivity index (χ1v) is 9.49. The Morgan fingerprint density at radius 2 is 1.73 bits per heavy atom. The maximum Gasteiger partial charge on any atom is 0.269 e. The lowest BCUT2D eigenvalue weighted by Gasteiger charge is -2.11. The Bertz CT molecular complexity index is 1080. The lowest BCUT2D eigenvalue weighted by Crippen LogP contribution is -2.41. The van der Waals surface area contributed by atoms with Gasteiger partial charge in [0, 0.05) is 0 Å². The van der Waals surface area contributed by atoms with Crippen LogP contribution in [0, 0.1) is 5.82 Å². The van der Waals surface area contributed by atoms with Gasteiger partial charge in [0.05, 0.1) is 10.5 Å². The Morgan fingerprint density at radius 3 is 2.46 bits per heavy atom. The van der Waals surface area contributed by atoms with Crippen molar-refractivity contribution in [3.05, 3.63) is 77.6 Å². The number of hydrogen-bond donors (Lipinski definition) is 2. The number of carbonyl (C=O) groups excluding carboxylic acids is 1. The average molecular weight is 372 g/mol. The second kappa shape index (κ2) is 7.23. The van der Waals surface area contributed by atoms with Gasteiger partial charge in [-0.3, -0.25) is 10.2 Å². The number of benzene rings is 3. The van der Waals surface area contributed by atoms with Gasteiger partial charge in [0.15, 0.2) is 0 Å². The number of hydrazine groups is 1. The predicted octanol–water partition coefficient (Wildman–Crippen LogP) is 3.16. The van der Waals surface area contributed by atoms with Gasteiger partial charge in [-0.25, -0.2) is 12.8 Å². The van der Waals surface area contributed by atoms with Crippen molar-refractivity contribution in [3.8, 4) is 0 Å². The molecule has 0 heterocycles. The molecule has 0 unspecified atom stereocenters. The molecule has 0 aliphatic heterocycles. The summed E-state index contributed by atoms with van der Waals surface area (Å²) in [5.74, 6) is -1.51. The summed E-state index contributed by atoms with van der Waals surface area (Å²) in [6.45, 7) is 1.77. The van der Waals surface area contributed by atoms with Gasteiger partial charge >= 0.3 is 0 Å². The van der Waals surface area contributed by atoms with E-state index in [9.17, 15) is 17.6 Å². The number of sulfonamides is 1. The van der Waals surface area contributed by atoms with E-state index in [4.69, 9.17) is 0 Å². The lowest BCUT2D eigenvalue weighted by molar-refractivity contribution is 0.0941. The number of nitrogens with one attached hydrogen (secondary N) is 2. The normalized spacial score (nSPS) is 11.5. The molecule has 1 amide bonds. The van der Waals surface area contributed by atoms with Gasteiger partial charge in [-0.15, -0.1) is 4.83 Å². The van der Waals surface area contributed by atoms with E-state index in [1.54, 1.807) is 37.3 Å². The fraction of sp³-hybridized carbons (Fsp3) is 0.105. The summed E-state index contributed by atoms with van der Waals surface area (Å²) in [6, 6.07) is 16.4. The van der Waals surface area contributed by atoms with Crippen LogP contribution >= 0.6 is 0 Å². The number of rotatable bonds is 5. The van der Waals surface area contributed by atoms with Gasteiger partial charge < -0.3 is 0 Å². The number of hydrogen-bond acceptors (Lipinski definition) is 3. The molecule has 0 saturated carbocycles. The average Bonchev–Trinajstić information content (AvgIpc) is 2.66. The van der Waals surface area contributed by atoms with Crippen molar-refractivity contribution in [1.82, 2.24) is 10.3 Å². The Kier molecular flexibility index (Phi) is 5.01. The molecule has 0 radical (unpaired) electrons. The van der Waals surface area contributed by atoms with Gasteiger partial charge in [-0.05, 0) is 41.0 Å². The largest absolute Gasteiger partial charge is 0.273 e. The highest BCUT2D eigenvalue weighted by molar-refractivity contribution is 7.89. The number of fused-ring (bicyclic) bond motifs is 1. The minimum absolute atomic E-state index is 0.000666. The number of carbonyl (C=O) groups is 1. The Morgan fingerprint density at radius 1 is 1.00 bits per heavy atom. The van der Waals surface area contributed by atoms with Gasteiger partial charge in [0.25, 0.3) is 15.9 Å². The molecule has 0 bridgehead atoms. The molecule has 0 atom stereocenters. The van der Waals surface area contributed by atoms with Crippen molar-refractivity contribution in [1.29, 1.82) is 0 Å². The molecule has 3 aromatic carbocycles. The van der Waals surface area contributed by atoms with Crippen LogP contribution in [0.1, 0.15) is 22.8 Å². The molecule has 134 valence electrons. The van der Waals surface area contributed by atoms with E-state index in [0.717, 1.165) is 10.8 Å². The third-order valence-electron chi connectivity index (χ3n) is 4.03. The number of aryl methyl sites for hydroxylation is 1. The maximum absolute atomic E-state index is 14.2. The molecular weight excluding hydrogens is 355 g/mol. The SMILES string of the molecule is CCc1cccc(C(=O)NNS(=O)(=O)c2ccc3ccccc3c2)c1F. The van der Waals surface area contributed by atoms with Crippen molar-refractivity contribution in [2.45, 2.75) is 18.2 Å². The molecule has 0 aliphatic carbocycles. The highest BCUT2D eigenvalue weighted by Gasteiger charge is 2.18. The monoisotopic (exact) mass is 372 g/mol. The Labute approximate surface area is 150 Å². The van der Waals surface area contributed by atoms with Crippen molar-refractivity contribution < 1.29 is 17.6 Å². The molecule has 2 N–H and O–H groups in total. The summed E-state index contributed by atoms with van der Waals surface area (Å²) in [4.78, 5) is 14.2. The smallest absolute Gasteiger partial charge is 0.269 e. The van der Waals surface area contributed by atoms with Gasteiger partial charge in [0.1, 0.15) is 5.82 Å². The number of halogens is 1. The Hall–Kier alpha value is -2.77. The first kappa shape index (κ1) is 18.0. The third-order valence-corrected chi connectivity index (χ3v) is 5.28. The molecule has 0 fully saturated rings. The highest BCUT2D eigenvalue weighted by Crippen LogP contribution is 2.19. The quantitative estimate of drug-likeness (QED) is 0.676. The van der Waals surface area contributed by atoms with Crippen LogP contribution in [0.15, 0.2) is 65.6 Å². The molecule has 3 aromatic rings. The molecular formula is C19H17FN2O3S. The molecule has 0 aromatic heterocycles. The second-order valence-corrected chi connectivity index (χ2v) is 7.38. The van der Waals surface area contributed by atoms with Gasteiger partial charge in [0.2, 0.25) is 0 Å². The molecule has 0 saturated heterocycles. The Balaban J connectivity index is 1.80. The summed E-state index contributed by atoms with van der Waals surface area (Å²) >= 11 is 0. The maximum atomic E-state index is 14.2. The molecule has 0 aliphatic rings. The summed E-state index contributed by atoms with van der Waals surface area (Å²) in [6.07, 6.45) is 0.426. The van der Waals surface area contributed by atoms with Crippen molar-refractivity contribution >= 4 is 26.7 Å². The first-order valence-electron chi connectivity index (χ1n) is 8.00. The van der Waals surface area contributed by atoms with Crippen LogP contribution in [-0.2, 0) is 16.4 Å². The zero-order chi connectivity index (χ0) is 18.7. The van der Waals surface area contributed by atoms with Crippen LogP contribution in [-0.4, -0.2) is 14.3 Å². The van der Waals surface area contributed by atoms with E-state index >= 15 is 0 Å². The fourth-order valence-electron chi connectivity index (χ4n) is 2.60. The molecule has 26 heavy (non-hydrogen) atoms. The summed E-state index contributed by atoms with van der Waals surface area (Å²) in [5.41, 5.74) is 2.23. The molecule has 5 nitrogen and oxygen atoms in total. The summed E-state index contributed by atoms with van der Waals surface area (Å²) in [5, 5.41) is 1.65. The van der Waals surface area contributed by atoms with Crippen LogP contribution < -0.4 is 10.3 Å². The number of amides is 1. The molecule has 3 rings (SSSR count). The van der Waals surface area contributed by atoms with E-state index in [0.29, 0.717) is 12.0 Å². The zero-order valence-electron chi connectivity index (χ0n) is 14.0. The third kappa shape index (κ3) is 3.58. The first-order chi connectivity index (χ1) is 12.4. The van der Waals surface area contributed by atoms with Gasteiger partial charge in [-0.1, -0.05) is 49.4 Å². The zero-order valence-corrected chi connectivity index (χ0v) is 14.8. The van der Waals surface area contributed by atoms with Crippen LogP contribution in [0.4, 0.5) is 4.39 Å². The van der Waals surface area contributed by atoms with E-state index in [-0.39, 0.29) is 10.5 Å². The van der Waals surface area contributed by atoms with Crippen LogP contribution in [0.2, 0.25) is 0 Å². The van der Waals surface area contributed by atoms with Crippen LogP contribution in [0.25, 0.3) is 10.8 Å². The minimum Gasteiger partial charge on any atom is -0.273 e. The predicted molar refractivity (Wildman–Crippen MR) is 97.5 cm³/mol. The molecule has 7 heteroatoms. The summed E-state index contributed by atoms with van der Waals surface area (Å²) in [7, 11) is -3.99. The minimum atomic E-state index is -3.99. The lowest BCUT2D eigenvalue weighted by atomic mass is 10.1. The summed E-state index contributed by atoms with van der Waals surface area (Å²) < 4.78 is 39.0. The van der Waals surface area contributed by atoms with Crippen molar-refractivity contribution in [2.24, 2.45) is 0 Å². The highest BCUT2D eigenvalue weighted by atomic mass is 32.2. The molecule has 0 spiro atoms. The van der Waals surface area contributed by atoms with Crippen LogP contribution in [0.5, 0.6) is 0 Å².